The molecule has 0 aromatic carbocycles. The van der Waals surface area contributed by atoms with Gasteiger partial charge in [0.05, 0.1) is 11.3 Å². The number of oxime groups is 1. The topological polar surface area (TPSA) is 52.8 Å². The van der Waals surface area contributed by atoms with Gasteiger partial charge in [0.25, 0.3) is 0 Å². The molecule has 3 nitrogen and oxygen atoms in total. The van der Waals surface area contributed by atoms with Crippen LogP contribution in [-0.4, -0.2) is 21.6 Å². The molecule has 0 spiro atoms. The Morgan fingerprint density at radius 1 is 1.03 bits per heavy atom. The molecule has 3 aliphatic rings. The normalized spacial score (nSPS) is 40.7. The van der Waals surface area contributed by atoms with Crippen molar-refractivity contribution in [1.82, 2.24) is 0 Å². The monoisotopic (exact) mass is 433 g/mol. The summed E-state index contributed by atoms with van der Waals surface area (Å²) < 4.78 is 0. The predicted octanol–water partition coefficient (Wildman–Crippen LogP) is 7.69. The third kappa shape index (κ3) is 5.02. The summed E-state index contributed by atoms with van der Waals surface area (Å²) in [5.41, 5.74) is 0.755. The average Bonchev–Trinajstić information content (AvgIpc) is 3.03. The van der Waals surface area contributed by atoms with Crippen molar-refractivity contribution in [3.63, 3.8) is 0 Å². The minimum Gasteiger partial charge on any atom is -0.411 e. The Bertz CT molecular complexity index is 635. The van der Waals surface area contributed by atoms with Crippen LogP contribution in [0.15, 0.2) is 5.16 Å². The lowest BCUT2D eigenvalue weighted by molar-refractivity contribution is -0.0501. The SMILES string of the molecule is CC(C)CCC[C@@H](C)C1CCC2C3CC/C(=N\O)[C@](C)(CCC(C)(C)O)C3CC[C@@]21C. The Labute approximate surface area is 192 Å². The van der Waals surface area contributed by atoms with Gasteiger partial charge < -0.3 is 10.3 Å². The number of fused-ring (bicyclic) bond motifs is 3. The van der Waals surface area contributed by atoms with Crippen LogP contribution < -0.4 is 0 Å². The number of aliphatic hydroxyl groups is 1. The van der Waals surface area contributed by atoms with Crippen LogP contribution in [0.5, 0.6) is 0 Å². The van der Waals surface area contributed by atoms with Gasteiger partial charge in [0.1, 0.15) is 0 Å². The zero-order valence-corrected chi connectivity index (χ0v) is 21.6. The van der Waals surface area contributed by atoms with Gasteiger partial charge in [-0.3, -0.25) is 0 Å². The Morgan fingerprint density at radius 2 is 1.74 bits per heavy atom. The van der Waals surface area contributed by atoms with Crippen LogP contribution in [0.4, 0.5) is 0 Å². The van der Waals surface area contributed by atoms with Crippen molar-refractivity contribution in [3.8, 4) is 0 Å². The Morgan fingerprint density at radius 3 is 2.35 bits per heavy atom. The summed E-state index contributed by atoms with van der Waals surface area (Å²) in [6.45, 7) is 16.0. The van der Waals surface area contributed by atoms with Crippen molar-refractivity contribution in [1.29, 1.82) is 0 Å². The summed E-state index contributed by atoms with van der Waals surface area (Å²) in [7, 11) is 0. The van der Waals surface area contributed by atoms with Gasteiger partial charge >= 0.3 is 0 Å². The average molecular weight is 434 g/mol. The maximum absolute atomic E-state index is 10.4. The van der Waals surface area contributed by atoms with Crippen LogP contribution in [0.1, 0.15) is 119 Å². The maximum Gasteiger partial charge on any atom is 0.0632 e. The second kappa shape index (κ2) is 9.35. The van der Waals surface area contributed by atoms with Crippen LogP contribution in [0.2, 0.25) is 0 Å². The highest BCUT2D eigenvalue weighted by Gasteiger charge is 2.59. The third-order valence-corrected chi connectivity index (χ3v) is 10.2. The molecule has 7 atom stereocenters. The molecule has 0 aromatic heterocycles. The zero-order valence-electron chi connectivity index (χ0n) is 21.6. The molecule has 3 fully saturated rings. The van der Waals surface area contributed by atoms with E-state index in [1.54, 1.807) is 0 Å². The smallest absolute Gasteiger partial charge is 0.0632 e. The molecular weight excluding hydrogens is 382 g/mol. The minimum atomic E-state index is -0.663. The first kappa shape index (κ1) is 25.1. The van der Waals surface area contributed by atoms with Crippen molar-refractivity contribution >= 4 is 5.71 Å². The van der Waals surface area contributed by atoms with Crippen molar-refractivity contribution in [2.75, 3.05) is 0 Å². The standard InChI is InChI=1S/C28H51NO2/c1-19(2)9-8-10-20(3)22-12-13-23-21-11-14-25(29-31)28(7,18-17-26(4,5)30)24(21)15-16-27(22,23)6/h19-24,30-31H,8-18H2,1-7H3/b29-25+/t20-,21?,22?,23?,24?,27-,28-/m1/s1. The summed E-state index contributed by atoms with van der Waals surface area (Å²) in [6.07, 6.45) is 13.3. The fourth-order valence-electron chi connectivity index (χ4n) is 8.37. The van der Waals surface area contributed by atoms with Gasteiger partial charge in [-0.05, 0) is 106 Å². The fourth-order valence-corrected chi connectivity index (χ4v) is 8.37. The first-order chi connectivity index (χ1) is 14.4. The van der Waals surface area contributed by atoms with Crippen LogP contribution in [0, 0.1) is 46.3 Å². The first-order valence-electron chi connectivity index (χ1n) is 13.4. The van der Waals surface area contributed by atoms with E-state index < -0.39 is 5.60 Å². The van der Waals surface area contributed by atoms with Gasteiger partial charge in [-0.25, -0.2) is 0 Å². The van der Waals surface area contributed by atoms with Gasteiger partial charge in [-0.1, -0.05) is 59.0 Å². The number of hydrogen-bond donors (Lipinski definition) is 2. The van der Waals surface area contributed by atoms with E-state index in [9.17, 15) is 10.3 Å². The molecular formula is C28H51NO2. The molecule has 0 saturated heterocycles. The molecule has 180 valence electrons. The lowest BCUT2D eigenvalue weighted by Gasteiger charge is -2.57. The predicted molar refractivity (Wildman–Crippen MR) is 130 cm³/mol. The van der Waals surface area contributed by atoms with E-state index in [-0.39, 0.29) is 5.41 Å². The van der Waals surface area contributed by atoms with Gasteiger partial charge in [-0.15, -0.1) is 0 Å². The quantitative estimate of drug-likeness (QED) is 0.304. The highest BCUT2D eigenvalue weighted by molar-refractivity contribution is 5.90. The molecule has 3 heteroatoms. The number of hydrogen-bond acceptors (Lipinski definition) is 3. The second-order valence-electron chi connectivity index (χ2n) is 13.2. The molecule has 0 amide bonds. The van der Waals surface area contributed by atoms with Gasteiger partial charge in [0.15, 0.2) is 0 Å². The Balaban J connectivity index is 1.76. The first-order valence-corrected chi connectivity index (χ1v) is 13.4. The van der Waals surface area contributed by atoms with Crippen molar-refractivity contribution in [2.45, 2.75) is 125 Å². The molecule has 0 aliphatic heterocycles. The zero-order chi connectivity index (χ0) is 23.0. The number of rotatable bonds is 8. The summed E-state index contributed by atoms with van der Waals surface area (Å²) in [4.78, 5) is 0. The summed E-state index contributed by atoms with van der Waals surface area (Å²) in [5.74, 6) is 4.71. The lowest BCUT2D eigenvalue weighted by Crippen LogP contribution is -2.53. The van der Waals surface area contributed by atoms with E-state index in [1.807, 2.05) is 13.8 Å². The van der Waals surface area contributed by atoms with E-state index in [2.05, 4.69) is 39.8 Å². The molecule has 0 heterocycles. The molecule has 31 heavy (non-hydrogen) atoms. The van der Waals surface area contributed by atoms with Crippen LogP contribution >= 0.6 is 0 Å². The number of nitrogens with zero attached hydrogens (tertiary/aromatic N) is 1. The minimum absolute atomic E-state index is 0.0695. The second-order valence-corrected chi connectivity index (χ2v) is 13.2. The highest BCUT2D eigenvalue weighted by Crippen LogP contribution is 2.66. The molecule has 3 aliphatic carbocycles. The van der Waals surface area contributed by atoms with Crippen LogP contribution in [0.3, 0.4) is 0 Å². The van der Waals surface area contributed by atoms with Gasteiger partial charge in [0, 0.05) is 5.41 Å². The highest BCUT2D eigenvalue weighted by atomic mass is 16.4. The summed E-state index contributed by atoms with van der Waals surface area (Å²) >= 11 is 0. The Kier molecular flexibility index (Phi) is 7.56. The van der Waals surface area contributed by atoms with Gasteiger partial charge in [0.2, 0.25) is 0 Å². The van der Waals surface area contributed by atoms with E-state index in [0.717, 1.165) is 54.6 Å². The van der Waals surface area contributed by atoms with Crippen molar-refractivity contribution in [3.05, 3.63) is 0 Å². The molecule has 0 radical (unpaired) electrons. The molecule has 2 N–H and O–H groups in total. The molecule has 0 bridgehead atoms. The Hall–Kier alpha value is -0.570. The molecule has 0 aromatic rings. The molecule has 4 unspecified atom stereocenters. The van der Waals surface area contributed by atoms with Crippen LogP contribution in [0.25, 0.3) is 0 Å². The van der Waals surface area contributed by atoms with Crippen LogP contribution in [-0.2, 0) is 0 Å². The van der Waals surface area contributed by atoms with Gasteiger partial charge in [-0.2, -0.15) is 0 Å². The summed E-state index contributed by atoms with van der Waals surface area (Å²) in [5, 5.41) is 24.1. The fraction of sp³-hybridized carbons (Fsp3) is 0.964. The molecule has 3 rings (SSSR count). The molecule has 3 saturated carbocycles. The van der Waals surface area contributed by atoms with E-state index in [0.29, 0.717) is 11.3 Å². The van der Waals surface area contributed by atoms with E-state index in [1.165, 1.54) is 51.4 Å². The summed E-state index contributed by atoms with van der Waals surface area (Å²) in [6, 6.07) is 0. The third-order valence-electron chi connectivity index (χ3n) is 10.2. The van der Waals surface area contributed by atoms with Crippen molar-refractivity contribution in [2.24, 2.45) is 51.5 Å². The lowest BCUT2D eigenvalue weighted by atomic mass is 9.47. The van der Waals surface area contributed by atoms with E-state index in [4.69, 9.17) is 0 Å². The largest absolute Gasteiger partial charge is 0.411 e. The maximum atomic E-state index is 10.4. The van der Waals surface area contributed by atoms with Crippen molar-refractivity contribution < 1.29 is 10.3 Å². The van der Waals surface area contributed by atoms with E-state index >= 15 is 0 Å².